The number of likely N-dealkylation sites (N-methyl/N-ethyl adjacent to an activating group) is 1. The van der Waals surface area contributed by atoms with E-state index in [0.717, 1.165) is 30.2 Å². The quantitative estimate of drug-likeness (QED) is 0.418. The number of ether oxygens (including phenoxy) is 3. The van der Waals surface area contributed by atoms with E-state index in [1.807, 2.05) is 12.1 Å². The number of hydrogen-bond donors (Lipinski definition) is 0. The van der Waals surface area contributed by atoms with Gasteiger partial charge in [-0.2, -0.15) is 0 Å². The van der Waals surface area contributed by atoms with Crippen molar-refractivity contribution in [1.82, 2.24) is 4.90 Å². The van der Waals surface area contributed by atoms with Crippen LogP contribution in [-0.4, -0.2) is 44.9 Å². The van der Waals surface area contributed by atoms with Crippen LogP contribution in [0.3, 0.4) is 0 Å². The number of benzene rings is 3. The fourth-order valence-corrected chi connectivity index (χ4v) is 4.81. The van der Waals surface area contributed by atoms with Crippen molar-refractivity contribution in [1.29, 1.82) is 0 Å². The second kappa shape index (κ2) is 9.88. The lowest BCUT2D eigenvalue weighted by atomic mass is 9.71. The van der Waals surface area contributed by atoms with E-state index in [2.05, 4.69) is 93.5 Å². The van der Waals surface area contributed by atoms with Crippen molar-refractivity contribution >= 4 is 0 Å². The highest BCUT2D eigenvalue weighted by molar-refractivity contribution is 5.51. The van der Waals surface area contributed by atoms with Crippen LogP contribution in [0.25, 0.3) is 0 Å². The summed E-state index contributed by atoms with van der Waals surface area (Å²) in [5.74, 6) is 3.04. The van der Waals surface area contributed by atoms with Gasteiger partial charge < -0.3 is 19.1 Å². The summed E-state index contributed by atoms with van der Waals surface area (Å²) < 4.78 is 18.2. The van der Waals surface area contributed by atoms with Gasteiger partial charge in [0.05, 0.1) is 7.11 Å². The van der Waals surface area contributed by atoms with Crippen molar-refractivity contribution in [3.63, 3.8) is 0 Å². The fraction of sp³-hybridized carbons (Fsp3) is 0.379. The molecule has 1 aliphatic heterocycles. The van der Waals surface area contributed by atoms with Gasteiger partial charge in [-0.15, -0.1) is 0 Å². The van der Waals surface area contributed by atoms with Crippen LogP contribution in [0.15, 0.2) is 72.8 Å². The van der Waals surface area contributed by atoms with Gasteiger partial charge in [-0.3, -0.25) is 0 Å². The molecule has 0 radical (unpaired) electrons. The molecule has 4 nitrogen and oxygen atoms in total. The van der Waals surface area contributed by atoms with Crippen molar-refractivity contribution in [2.24, 2.45) is 0 Å². The zero-order chi connectivity index (χ0) is 23.4. The minimum atomic E-state index is -0.294. The molecule has 0 amide bonds. The number of rotatable bonds is 8. The van der Waals surface area contributed by atoms with Crippen molar-refractivity contribution in [3.8, 4) is 17.2 Å². The molecule has 0 aliphatic carbocycles. The predicted octanol–water partition coefficient (Wildman–Crippen LogP) is 6.11. The average molecular weight is 446 g/mol. The van der Waals surface area contributed by atoms with Gasteiger partial charge in [-0.1, -0.05) is 54.6 Å². The van der Waals surface area contributed by atoms with Crippen LogP contribution in [0.4, 0.5) is 0 Å². The second-order valence-electron chi connectivity index (χ2n) is 9.65. The van der Waals surface area contributed by atoms with E-state index in [4.69, 9.17) is 14.2 Å². The zero-order valence-corrected chi connectivity index (χ0v) is 20.4. The summed E-state index contributed by atoms with van der Waals surface area (Å²) in [5, 5.41) is 0. The van der Waals surface area contributed by atoms with Gasteiger partial charge in [-0.25, -0.2) is 0 Å². The first kappa shape index (κ1) is 23.2. The monoisotopic (exact) mass is 445 g/mol. The van der Waals surface area contributed by atoms with Gasteiger partial charge in [0.15, 0.2) is 0 Å². The number of methoxy groups -OCH3 is 1. The van der Waals surface area contributed by atoms with Crippen molar-refractivity contribution in [2.75, 3.05) is 34.4 Å². The lowest BCUT2D eigenvalue weighted by Crippen LogP contribution is -2.37. The van der Waals surface area contributed by atoms with Crippen LogP contribution in [0.1, 0.15) is 48.8 Å². The normalized spacial score (nSPS) is 17.7. The summed E-state index contributed by atoms with van der Waals surface area (Å²) in [7, 11) is 5.83. The highest BCUT2D eigenvalue weighted by Gasteiger charge is 2.40. The van der Waals surface area contributed by atoms with Gasteiger partial charge in [-0.05, 0) is 57.6 Å². The molecule has 0 bridgehead atoms. The Morgan fingerprint density at radius 3 is 2.45 bits per heavy atom. The summed E-state index contributed by atoms with van der Waals surface area (Å²) in [6.07, 6.45) is 0.901. The maximum atomic E-state index is 6.42. The predicted molar refractivity (Wildman–Crippen MR) is 134 cm³/mol. The van der Waals surface area contributed by atoms with Gasteiger partial charge in [0.2, 0.25) is 0 Å². The van der Waals surface area contributed by atoms with Crippen molar-refractivity contribution in [3.05, 3.63) is 89.5 Å². The average Bonchev–Trinajstić information content (AvgIpc) is 2.79. The minimum Gasteiger partial charge on any atom is -0.497 e. The highest BCUT2D eigenvalue weighted by Crippen LogP contribution is 2.52. The highest BCUT2D eigenvalue weighted by atomic mass is 16.5. The first-order valence-electron chi connectivity index (χ1n) is 11.7. The number of nitrogens with zero attached hydrogens (tertiary/aromatic N) is 1. The van der Waals surface area contributed by atoms with Crippen LogP contribution < -0.4 is 14.2 Å². The molecule has 0 N–H and O–H groups in total. The lowest BCUT2D eigenvalue weighted by molar-refractivity contribution is 0.0687. The van der Waals surface area contributed by atoms with Crippen molar-refractivity contribution in [2.45, 2.75) is 37.7 Å². The summed E-state index contributed by atoms with van der Waals surface area (Å²) in [6.45, 7) is 5.86. The molecule has 1 heterocycles. The fourth-order valence-electron chi connectivity index (χ4n) is 4.81. The second-order valence-corrected chi connectivity index (χ2v) is 9.65. The molecule has 3 aromatic carbocycles. The lowest BCUT2D eigenvalue weighted by Gasteiger charge is -2.41. The molecule has 2 unspecified atom stereocenters. The third-order valence-corrected chi connectivity index (χ3v) is 6.33. The van der Waals surface area contributed by atoms with Crippen LogP contribution >= 0.6 is 0 Å². The summed E-state index contributed by atoms with van der Waals surface area (Å²) in [4.78, 5) is 2.14. The van der Waals surface area contributed by atoms with Crippen LogP contribution in [0, 0.1) is 0 Å². The summed E-state index contributed by atoms with van der Waals surface area (Å²) in [6, 6.07) is 25.5. The zero-order valence-electron chi connectivity index (χ0n) is 20.4. The van der Waals surface area contributed by atoms with Gasteiger partial charge >= 0.3 is 0 Å². The molecule has 2 atom stereocenters. The largest absolute Gasteiger partial charge is 0.497 e. The maximum absolute atomic E-state index is 6.42. The van der Waals surface area contributed by atoms with E-state index in [-0.39, 0.29) is 17.4 Å². The molecule has 1 aliphatic rings. The standard InChI is InChI=1S/C29H35NO3/c1-29(2)20-25(23-16-15-22(31-5)19-27(23)33-29)28(21-11-7-6-8-12-21)24-13-9-10-14-26(24)32-18-17-30(3)4/h6-16,19,25,28H,17-18,20H2,1-5H3. The first-order valence-corrected chi connectivity index (χ1v) is 11.7. The van der Waals surface area contributed by atoms with Crippen molar-refractivity contribution < 1.29 is 14.2 Å². The summed E-state index contributed by atoms with van der Waals surface area (Å²) in [5.41, 5.74) is 3.42. The molecular formula is C29H35NO3. The topological polar surface area (TPSA) is 30.9 Å². The van der Waals surface area contributed by atoms with Gasteiger partial charge in [0.25, 0.3) is 0 Å². The molecule has 0 saturated heterocycles. The molecule has 0 spiro atoms. The Bertz CT molecular complexity index is 1060. The molecule has 4 rings (SSSR count). The Labute approximate surface area is 198 Å². The van der Waals surface area contributed by atoms with Gasteiger partial charge in [0, 0.05) is 30.0 Å². The Hall–Kier alpha value is -2.98. The molecule has 0 aromatic heterocycles. The van der Waals surface area contributed by atoms with Gasteiger partial charge in [0.1, 0.15) is 29.5 Å². The smallest absolute Gasteiger partial charge is 0.127 e. The van der Waals surface area contributed by atoms with Crippen LogP contribution in [-0.2, 0) is 0 Å². The summed E-state index contributed by atoms with van der Waals surface area (Å²) >= 11 is 0. The minimum absolute atomic E-state index is 0.136. The molecule has 33 heavy (non-hydrogen) atoms. The molecule has 0 saturated carbocycles. The Balaban J connectivity index is 1.82. The first-order chi connectivity index (χ1) is 15.9. The third kappa shape index (κ3) is 5.33. The van der Waals surface area contributed by atoms with E-state index in [1.165, 1.54) is 16.7 Å². The number of para-hydroxylation sites is 1. The SMILES string of the molecule is COc1ccc2c(c1)OC(C)(C)CC2C(c1ccccc1)c1ccccc1OCCN(C)C. The van der Waals surface area contributed by atoms with E-state index in [0.29, 0.717) is 6.61 Å². The molecule has 0 fully saturated rings. The third-order valence-electron chi connectivity index (χ3n) is 6.33. The Kier molecular flexibility index (Phi) is 6.94. The number of fused-ring (bicyclic) bond motifs is 1. The van der Waals surface area contributed by atoms with E-state index in [9.17, 15) is 0 Å². The van der Waals surface area contributed by atoms with Crippen LogP contribution in [0.2, 0.25) is 0 Å². The Morgan fingerprint density at radius 1 is 1.00 bits per heavy atom. The molecule has 3 aromatic rings. The van der Waals surface area contributed by atoms with E-state index < -0.39 is 0 Å². The maximum Gasteiger partial charge on any atom is 0.127 e. The molecule has 4 heteroatoms. The van der Waals surface area contributed by atoms with Crippen LogP contribution in [0.5, 0.6) is 17.2 Å². The Morgan fingerprint density at radius 2 is 1.73 bits per heavy atom. The van der Waals surface area contributed by atoms with E-state index in [1.54, 1.807) is 7.11 Å². The molecule has 174 valence electrons. The molecular weight excluding hydrogens is 410 g/mol. The van der Waals surface area contributed by atoms with E-state index >= 15 is 0 Å². The number of hydrogen-bond acceptors (Lipinski definition) is 4.